The van der Waals surface area contributed by atoms with E-state index in [4.69, 9.17) is 17.3 Å². The fraction of sp³-hybridized carbons (Fsp3) is 0.385. The molecule has 0 saturated carbocycles. The van der Waals surface area contributed by atoms with Crippen molar-refractivity contribution in [2.45, 2.75) is 25.8 Å². The number of carbonyl (C=O) groups excluding carboxylic acids is 2. The molecule has 2 amide bonds. The summed E-state index contributed by atoms with van der Waals surface area (Å²) >= 11 is 5.85. The number of rotatable bonds is 7. The second kappa shape index (κ2) is 7.63. The Bertz CT molecular complexity index is 451. The van der Waals surface area contributed by atoms with E-state index in [1.165, 1.54) is 0 Å². The first-order valence-corrected chi connectivity index (χ1v) is 6.49. The van der Waals surface area contributed by atoms with Gasteiger partial charge in [0.05, 0.1) is 6.42 Å². The molecule has 0 saturated heterocycles. The molecule has 6 heteroatoms. The van der Waals surface area contributed by atoms with Gasteiger partial charge in [-0.3, -0.25) is 9.59 Å². The Labute approximate surface area is 117 Å². The van der Waals surface area contributed by atoms with Crippen molar-refractivity contribution in [1.29, 1.82) is 0 Å². The summed E-state index contributed by atoms with van der Waals surface area (Å²) in [6.45, 7) is 2.54. The second-order valence-electron chi connectivity index (χ2n) is 4.16. The summed E-state index contributed by atoms with van der Waals surface area (Å²) < 4.78 is 0. The lowest BCUT2D eigenvalue weighted by Gasteiger charge is -2.16. The van der Waals surface area contributed by atoms with Crippen LogP contribution in [-0.2, 0) is 9.59 Å². The van der Waals surface area contributed by atoms with Gasteiger partial charge in [0.25, 0.3) is 0 Å². The molecule has 0 fully saturated rings. The van der Waals surface area contributed by atoms with Crippen molar-refractivity contribution in [3.05, 3.63) is 29.3 Å². The zero-order valence-electron chi connectivity index (χ0n) is 10.8. The maximum Gasteiger partial charge on any atom is 0.240 e. The normalized spacial score (nSPS) is 11.7. The summed E-state index contributed by atoms with van der Waals surface area (Å²) in [7, 11) is 0. The molecule has 4 N–H and O–H groups in total. The van der Waals surface area contributed by atoms with Gasteiger partial charge in [-0.2, -0.15) is 0 Å². The van der Waals surface area contributed by atoms with Crippen molar-refractivity contribution in [2.24, 2.45) is 5.73 Å². The molecule has 1 unspecified atom stereocenters. The average molecular weight is 284 g/mol. The predicted molar refractivity (Wildman–Crippen MR) is 76.0 cm³/mol. The van der Waals surface area contributed by atoms with Crippen LogP contribution in [0.15, 0.2) is 24.3 Å². The molecule has 0 bridgehead atoms. The van der Waals surface area contributed by atoms with Gasteiger partial charge < -0.3 is 16.4 Å². The predicted octanol–water partition coefficient (Wildman–Crippen LogP) is 1.52. The van der Waals surface area contributed by atoms with E-state index in [0.29, 0.717) is 17.3 Å². The van der Waals surface area contributed by atoms with Crippen LogP contribution in [0, 0.1) is 0 Å². The zero-order valence-corrected chi connectivity index (χ0v) is 11.5. The molecule has 0 aliphatic carbocycles. The Morgan fingerprint density at radius 2 is 2.16 bits per heavy atom. The van der Waals surface area contributed by atoms with Gasteiger partial charge >= 0.3 is 0 Å². The molecule has 0 radical (unpaired) electrons. The number of anilines is 1. The molecule has 104 valence electrons. The van der Waals surface area contributed by atoms with Gasteiger partial charge in [0, 0.05) is 17.3 Å². The highest BCUT2D eigenvalue weighted by Crippen LogP contribution is 2.16. The van der Waals surface area contributed by atoms with E-state index in [-0.39, 0.29) is 12.3 Å². The summed E-state index contributed by atoms with van der Waals surface area (Å²) in [5, 5.41) is 6.15. The highest BCUT2D eigenvalue weighted by molar-refractivity contribution is 6.30. The van der Waals surface area contributed by atoms with Gasteiger partial charge in [0.2, 0.25) is 11.8 Å². The summed E-state index contributed by atoms with van der Waals surface area (Å²) in [6.07, 6.45) is 0.844. The lowest BCUT2D eigenvalue weighted by molar-refractivity contribution is -0.125. The minimum absolute atomic E-state index is 0.00183. The highest BCUT2D eigenvalue weighted by Gasteiger charge is 2.19. The van der Waals surface area contributed by atoms with Crippen LogP contribution in [0.5, 0.6) is 0 Å². The first kappa shape index (κ1) is 15.3. The standard InChI is InChI=1S/C13H18ClN3O2/c1-2-6-16-12(18)8-11(13(15)19)17-10-5-3-4-9(14)7-10/h3-5,7,11,17H,2,6,8H2,1H3,(H2,15,19)(H,16,18). The minimum atomic E-state index is -0.754. The fourth-order valence-corrected chi connectivity index (χ4v) is 1.71. The number of halogens is 1. The first-order valence-electron chi connectivity index (χ1n) is 6.11. The van der Waals surface area contributed by atoms with Gasteiger partial charge in [-0.15, -0.1) is 0 Å². The van der Waals surface area contributed by atoms with E-state index < -0.39 is 11.9 Å². The van der Waals surface area contributed by atoms with E-state index >= 15 is 0 Å². The van der Waals surface area contributed by atoms with E-state index in [0.717, 1.165) is 6.42 Å². The molecule has 0 aromatic heterocycles. The number of nitrogens with one attached hydrogen (secondary N) is 2. The van der Waals surface area contributed by atoms with Gasteiger partial charge in [0.1, 0.15) is 6.04 Å². The molecule has 1 rings (SSSR count). The number of carbonyl (C=O) groups is 2. The molecule has 0 spiro atoms. The van der Waals surface area contributed by atoms with Crippen LogP contribution in [0.3, 0.4) is 0 Å². The van der Waals surface area contributed by atoms with Crippen LogP contribution in [0.1, 0.15) is 19.8 Å². The highest BCUT2D eigenvalue weighted by atomic mass is 35.5. The van der Waals surface area contributed by atoms with E-state index in [2.05, 4.69) is 10.6 Å². The molecule has 5 nitrogen and oxygen atoms in total. The molecule has 0 aliphatic heterocycles. The number of nitrogens with two attached hydrogens (primary N) is 1. The van der Waals surface area contributed by atoms with Crippen molar-refractivity contribution in [3.8, 4) is 0 Å². The van der Waals surface area contributed by atoms with Crippen molar-refractivity contribution < 1.29 is 9.59 Å². The Morgan fingerprint density at radius 3 is 2.74 bits per heavy atom. The van der Waals surface area contributed by atoms with Crippen LogP contribution in [0.4, 0.5) is 5.69 Å². The van der Waals surface area contributed by atoms with E-state index in [1.807, 2.05) is 6.92 Å². The first-order chi connectivity index (χ1) is 9.02. The van der Waals surface area contributed by atoms with Crippen LogP contribution in [0.25, 0.3) is 0 Å². The topological polar surface area (TPSA) is 84.2 Å². The maximum absolute atomic E-state index is 11.6. The Kier molecular flexibility index (Phi) is 6.15. The molecular weight excluding hydrogens is 266 g/mol. The summed E-state index contributed by atoms with van der Waals surface area (Å²) in [5.41, 5.74) is 5.94. The lowest BCUT2D eigenvalue weighted by Crippen LogP contribution is -2.40. The second-order valence-corrected chi connectivity index (χ2v) is 4.60. The van der Waals surface area contributed by atoms with Crippen LogP contribution < -0.4 is 16.4 Å². The number of hydrogen-bond donors (Lipinski definition) is 3. The molecule has 19 heavy (non-hydrogen) atoms. The zero-order chi connectivity index (χ0) is 14.3. The van der Waals surface area contributed by atoms with Crippen molar-refractivity contribution in [3.63, 3.8) is 0 Å². The lowest BCUT2D eigenvalue weighted by atomic mass is 10.1. The number of hydrogen-bond acceptors (Lipinski definition) is 3. The summed E-state index contributed by atoms with van der Waals surface area (Å²) in [5.74, 6) is -0.785. The Hall–Kier alpha value is -1.75. The Morgan fingerprint density at radius 1 is 1.42 bits per heavy atom. The smallest absolute Gasteiger partial charge is 0.240 e. The molecule has 0 aliphatic rings. The maximum atomic E-state index is 11.6. The number of benzene rings is 1. The quantitative estimate of drug-likeness (QED) is 0.709. The number of primary amides is 1. The van der Waals surface area contributed by atoms with E-state index in [9.17, 15) is 9.59 Å². The average Bonchev–Trinajstić information content (AvgIpc) is 2.35. The third-order valence-corrected chi connectivity index (χ3v) is 2.71. The van der Waals surface area contributed by atoms with Crippen LogP contribution in [-0.4, -0.2) is 24.4 Å². The molecular formula is C13H18ClN3O2. The van der Waals surface area contributed by atoms with Gasteiger partial charge in [-0.25, -0.2) is 0 Å². The monoisotopic (exact) mass is 283 g/mol. The molecule has 1 aromatic carbocycles. The third-order valence-electron chi connectivity index (χ3n) is 2.47. The number of amides is 2. The van der Waals surface area contributed by atoms with Gasteiger partial charge in [-0.05, 0) is 24.6 Å². The third kappa shape index (κ3) is 5.61. The van der Waals surface area contributed by atoms with Crippen molar-refractivity contribution >= 4 is 29.1 Å². The molecule has 1 aromatic rings. The van der Waals surface area contributed by atoms with Gasteiger partial charge in [0.15, 0.2) is 0 Å². The van der Waals surface area contributed by atoms with Crippen molar-refractivity contribution in [1.82, 2.24) is 5.32 Å². The molecule has 0 heterocycles. The van der Waals surface area contributed by atoms with Crippen LogP contribution in [0.2, 0.25) is 5.02 Å². The molecule has 1 atom stereocenters. The van der Waals surface area contributed by atoms with Gasteiger partial charge in [-0.1, -0.05) is 24.6 Å². The summed E-state index contributed by atoms with van der Waals surface area (Å²) in [4.78, 5) is 22.9. The van der Waals surface area contributed by atoms with Crippen LogP contribution >= 0.6 is 11.6 Å². The SMILES string of the molecule is CCCNC(=O)CC(Nc1cccc(Cl)c1)C(N)=O. The Balaban J connectivity index is 2.63. The largest absolute Gasteiger partial charge is 0.373 e. The summed E-state index contributed by atoms with van der Waals surface area (Å²) in [6, 6.07) is 6.14. The fourth-order valence-electron chi connectivity index (χ4n) is 1.52. The van der Waals surface area contributed by atoms with E-state index in [1.54, 1.807) is 24.3 Å². The minimum Gasteiger partial charge on any atom is -0.373 e. The van der Waals surface area contributed by atoms with Crippen molar-refractivity contribution in [2.75, 3.05) is 11.9 Å².